The first-order chi connectivity index (χ1) is 28.8. The number of imidazole rings is 1. The number of aromatic nitrogens is 6. The molecule has 0 unspecified atom stereocenters. The highest BCUT2D eigenvalue weighted by molar-refractivity contribution is 6.34. The molecule has 0 aliphatic rings. The molecule has 270 valence electrons. The summed E-state index contributed by atoms with van der Waals surface area (Å²) in [5, 5.41) is 9.20. The van der Waals surface area contributed by atoms with Gasteiger partial charge in [0.1, 0.15) is 5.82 Å². The molecule has 0 amide bonds. The fraction of sp³-hybridized carbons (Fsp3) is 0. The van der Waals surface area contributed by atoms with Gasteiger partial charge in [0.05, 0.1) is 22.1 Å². The van der Waals surface area contributed by atoms with Gasteiger partial charge in [-0.1, -0.05) is 164 Å². The SMILES string of the molecule is c1ccc(-c2nc(-c3ccccc3)nc(-n3c4ccccc4c4ccc5c6cc7c(cc6c6ccccc6c5c43)nc(-c3ccccc3)n7-c3ccccc3)n2)cc1. The quantitative estimate of drug-likeness (QED) is 0.165. The summed E-state index contributed by atoms with van der Waals surface area (Å²) in [6.07, 6.45) is 0. The maximum atomic E-state index is 5.33. The van der Waals surface area contributed by atoms with Crippen LogP contribution in [0.4, 0.5) is 0 Å². The van der Waals surface area contributed by atoms with Gasteiger partial charge in [-0.05, 0) is 57.3 Å². The highest BCUT2D eigenvalue weighted by atomic mass is 15.2. The summed E-state index contributed by atoms with van der Waals surface area (Å²) in [4.78, 5) is 20.9. The summed E-state index contributed by atoms with van der Waals surface area (Å²) in [6.45, 7) is 0. The molecule has 0 fully saturated rings. The molecule has 0 saturated heterocycles. The molecule has 0 spiro atoms. The molecule has 0 aliphatic carbocycles. The Labute approximate surface area is 333 Å². The molecule has 3 aromatic heterocycles. The molecule has 0 radical (unpaired) electrons. The lowest BCUT2D eigenvalue weighted by Crippen LogP contribution is -2.06. The Morgan fingerprint density at radius 1 is 0.328 bits per heavy atom. The summed E-state index contributed by atoms with van der Waals surface area (Å²) < 4.78 is 4.55. The average molecular weight is 741 g/mol. The van der Waals surface area contributed by atoms with Crippen molar-refractivity contribution in [3.63, 3.8) is 0 Å². The minimum atomic E-state index is 0.570. The molecule has 12 aromatic rings. The fourth-order valence-corrected chi connectivity index (χ4v) is 8.78. The van der Waals surface area contributed by atoms with E-state index in [1.165, 1.54) is 0 Å². The van der Waals surface area contributed by atoms with Crippen LogP contribution in [0.5, 0.6) is 0 Å². The summed E-state index contributed by atoms with van der Waals surface area (Å²) in [5.41, 5.74) is 8.07. The maximum Gasteiger partial charge on any atom is 0.238 e. The van der Waals surface area contributed by atoms with Crippen LogP contribution in [-0.2, 0) is 0 Å². The zero-order valence-corrected chi connectivity index (χ0v) is 31.2. The Kier molecular flexibility index (Phi) is 7.13. The van der Waals surface area contributed by atoms with Crippen LogP contribution in [0.3, 0.4) is 0 Å². The minimum Gasteiger partial charge on any atom is -0.292 e. The van der Waals surface area contributed by atoms with Crippen molar-refractivity contribution in [1.29, 1.82) is 0 Å². The number of para-hydroxylation sites is 2. The average Bonchev–Trinajstić information content (AvgIpc) is 3.85. The topological polar surface area (TPSA) is 61.4 Å². The third kappa shape index (κ3) is 4.92. The predicted octanol–water partition coefficient (Wildman–Crippen LogP) is 12.8. The second kappa shape index (κ2) is 12.8. The molecule has 0 atom stereocenters. The van der Waals surface area contributed by atoms with Gasteiger partial charge >= 0.3 is 0 Å². The van der Waals surface area contributed by atoms with Crippen LogP contribution < -0.4 is 0 Å². The minimum absolute atomic E-state index is 0.570. The molecule has 6 heteroatoms. The summed E-state index contributed by atoms with van der Waals surface area (Å²) in [5.74, 6) is 2.72. The zero-order valence-electron chi connectivity index (χ0n) is 31.2. The highest BCUT2D eigenvalue weighted by Crippen LogP contribution is 2.44. The van der Waals surface area contributed by atoms with Gasteiger partial charge in [-0.25, -0.2) is 9.97 Å². The molecule has 0 N–H and O–H groups in total. The smallest absolute Gasteiger partial charge is 0.238 e. The van der Waals surface area contributed by atoms with Crippen LogP contribution in [0.2, 0.25) is 0 Å². The molecular formula is C52H32N6. The van der Waals surface area contributed by atoms with Gasteiger partial charge in [-0.15, -0.1) is 0 Å². The normalized spacial score (nSPS) is 11.8. The summed E-state index contributed by atoms with van der Waals surface area (Å²) in [6, 6.07) is 67.9. The van der Waals surface area contributed by atoms with Gasteiger partial charge in [0.2, 0.25) is 5.95 Å². The number of hydrogen-bond acceptors (Lipinski definition) is 4. The molecule has 6 nitrogen and oxygen atoms in total. The van der Waals surface area contributed by atoms with E-state index in [2.05, 4.69) is 161 Å². The van der Waals surface area contributed by atoms with E-state index in [1.54, 1.807) is 0 Å². The van der Waals surface area contributed by atoms with Crippen LogP contribution in [0, 0.1) is 0 Å². The third-order valence-corrected chi connectivity index (χ3v) is 11.3. The van der Waals surface area contributed by atoms with Gasteiger partial charge < -0.3 is 0 Å². The maximum absolute atomic E-state index is 5.33. The number of hydrogen-bond donors (Lipinski definition) is 0. The Morgan fingerprint density at radius 3 is 1.52 bits per heavy atom. The van der Waals surface area contributed by atoms with E-state index in [-0.39, 0.29) is 0 Å². The lowest BCUT2D eigenvalue weighted by molar-refractivity contribution is 0.955. The van der Waals surface area contributed by atoms with Crippen LogP contribution in [-0.4, -0.2) is 29.1 Å². The molecule has 3 heterocycles. The largest absolute Gasteiger partial charge is 0.292 e. The first-order valence-corrected chi connectivity index (χ1v) is 19.5. The van der Waals surface area contributed by atoms with Gasteiger partial charge in [0.15, 0.2) is 11.6 Å². The molecule has 9 aromatic carbocycles. The fourth-order valence-electron chi connectivity index (χ4n) is 8.78. The van der Waals surface area contributed by atoms with Crippen LogP contribution in [0.1, 0.15) is 0 Å². The van der Waals surface area contributed by atoms with E-state index in [0.29, 0.717) is 17.6 Å². The first kappa shape index (κ1) is 32.3. The molecular weight excluding hydrogens is 709 g/mol. The molecule has 0 bridgehead atoms. The van der Waals surface area contributed by atoms with Gasteiger partial charge in [-0.3, -0.25) is 9.13 Å². The number of fused-ring (bicyclic) bond motifs is 11. The summed E-state index contributed by atoms with van der Waals surface area (Å²) in [7, 11) is 0. The Morgan fingerprint density at radius 2 is 0.845 bits per heavy atom. The predicted molar refractivity (Wildman–Crippen MR) is 238 cm³/mol. The van der Waals surface area contributed by atoms with Crippen molar-refractivity contribution in [2.75, 3.05) is 0 Å². The van der Waals surface area contributed by atoms with E-state index in [9.17, 15) is 0 Å². The number of nitrogens with zero attached hydrogens (tertiary/aromatic N) is 6. The number of rotatable bonds is 5. The van der Waals surface area contributed by atoms with Crippen molar-refractivity contribution in [3.05, 3.63) is 194 Å². The van der Waals surface area contributed by atoms with Gasteiger partial charge in [0.25, 0.3) is 0 Å². The Balaban J connectivity index is 1.24. The van der Waals surface area contributed by atoms with Crippen molar-refractivity contribution in [3.8, 4) is 45.8 Å². The second-order valence-electron chi connectivity index (χ2n) is 14.7. The number of benzene rings is 9. The van der Waals surface area contributed by atoms with E-state index in [1.807, 2.05) is 42.5 Å². The van der Waals surface area contributed by atoms with E-state index in [4.69, 9.17) is 19.9 Å². The van der Waals surface area contributed by atoms with Crippen LogP contribution in [0.25, 0.3) is 111 Å². The van der Waals surface area contributed by atoms with E-state index in [0.717, 1.165) is 93.4 Å². The first-order valence-electron chi connectivity index (χ1n) is 19.5. The third-order valence-electron chi connectivity index (χ3n) is 11.3. The zero-order chi connectivity index (χ0) is 38.2. The Bertz CT molecular complexity index is 3480. The second-order valence-corrected chi connectivity index (χ2v) is 14.7. The molecule has 58 heavy (non-hydrogen) atoms. The standard InChI is InChI=1S/C52H32N6/c1-5-17-33(18-6-1)49-54-50(34-19-7-2-8-20-34)56-52(55-49)58-45-28-16-15-26-38(45)41-30-29-40-43-32-46-44(31-42(43)37-25-13-14-27-39(37)47(40)48(41)58)53-51(35-21-9-3-10-22-35)57(46)36-23-11-4-12-24-36/h1-32H. The van der Waals surface area contributed by atoms with Crippen molar-refractivity contribution >= 4 is 65.2 Å². The van der Waals surface area contributed by atoms with Crippen molar-refractivity contribution in [2.24, 2.45) is 0 Å². The molecule has 0 saturated carbocycles. The van der Waals surface area contributed by atoms with Crippen molar-refractivity contribution in [1.82, 2.24) is 29.1 Å². The van der Waals surface area contributed by atoms with Crippen LogP contribution in [0.15, 0.2) is 194 Å². The lowest BCUT2D eigenvalue weighted by atomic mass is 9.92. The molecule has 0 aliphatic heterocycles. The van der Waals surface area contributed by atoms with Gasteiger partial charge in [-0.2, -0.15) is 9.97 Å². The lowest BCUT2D eigenvalue weighted by Gasteiger charge is -2.15. The molecule has 12 rings (SSSR count). The van der Waals surface area contributed by atoms with Crippen molar-refractivity contribution in [2.45, 2.75) is 0 Å². The van der Waals surface area contributed by atoms with Gasteiger partial charge in [0, 0.05) is 38.5 Å². The van der Waals surface area contributed by atoms with Crippen LogP contribution >= 0.6 is 0 Å². The Hall–Kier alpha value is -7.96. The van der Waals surface area contributed by atoms with E-state index < -0.39 is 0 Å². The highest BCUT2D eigenvalue weighted by Gasteiger charge is 2.23. The van der Waals surface area contributed by atoms with E-state index >= 15 is 0 Å². The monoisotopic (exact) mass is 740 g/mol. The summed E-state index contributed by atoms with van der Waals surface area (Å²) >= 11 is 0. The van der Waals surface area contributed by atoms with Crippen molar-refractivity contribution < 1.29 is 0 Å².